The molecule has 3 amide bonds. The molecule has 0 aromatic heterocycles. The van der Waals surface area contributed by atoms with E-state index in [1.54, 1.807) is 33.8 Å². The monoisotopic (exact) mass is 870 g/mol. The molecule has 1 heterocycles. The second kappa shape index (κ2) is 26.3. The number of nitrogens with one attached hydrogen (secondary N) is 3. The number of hydrazine groups is 1. The van der Waals surface area contributed by atoms with Crippen LogP contribution in [0.2, 0.25) is 0 Å². The zero-order valence-electron chi connectivity index (χ0n) is 37.3. The minimum absolute atomic E-state index is 0.0587. The molecule has 8 atom stereocenters. The van der Waals surface area contributed by atoms with Crippen LogP contribution in [-0.2, 0) is 44.7 Å². The molecule has 0 bridgehead atoms. The summed E-state index contributed by atoms with van der Waals surface area (Å²) in [7, 11) is 0. The maximum Gasteiger partial charge on any atom is 0.330 e. The molecule has 1 aliphatic rings. The van der Waals surface area contributed by atoms with Crippen LogP contribution in [-0.4, -0.2) is 105 Å². The van der Waals surface area contributed by atoms with Crippen LogP contribution in [0.25, 0.3) is 0 Å². The molecule has 1 aromatic carbocycles. The summed E-state index contributed by atoms with van der Waals surface area (Å²) in [5.74, 6) is -7.26. The van der Waals surface area contributed by atoms with Gasteiger partial charge >= 0.3 is 11.9 Å². The number of amides is 3. The number of nitrogens with zero attached hydrogens (tertiary/aromatic N) is 1. The molecule has 15 nitrogen and oxygen atoms in total. The molecule has 1 saturated heterocycles. The highest BCUT2D eigenvalue weighted by Crippen LogP contribution is 2.24. The Morgan fingerprint density at radius 3 is 2.31 bits per heavy atom. The molecule has 0 saturated carbocycles. The Kier molecular flexibility index (Phi) is 22.5. The number of halogens is 1. The lowest BCUT2D eigenvalue weighted by Crippen LogP contribution is -2.62. The lowest BCUT2D eigenvalue weighted by molar-refractivity contribution is -0.156. The summed E-state index contributed by atoms with van der Waals surface area (Å²) in [6, 6.07) is -0.402. The van der Waals surface area contributed by atoms with Crippen molar-refractivity contribution in [2.45, 2.75) is 130 Å². The second-order valence-electron chi connectivity index (χ2n) is 16.6. The van der Waals surface area contributed by atoms with Crippen LogP contribution in [0.1, 0.15) is 93.1 Å². The van der Waals surface area contributed by atoms with Gasteiger partial charge in [-0.2, -0.15) is 0 Å². The largest absolute Gasteiger partial charge is 0.508 e. The van der Waals surface area contributed by atoms with E-state index in [1.807, 2.05) is 20.8 Å². The van der Waals surface area contributed by atoms with Crippen molar-refractivity contribution in [3.63, 3.8) is 0 Å². The van der Waals surface area contributed by atoms with Gasteiger partial charge in [0.1, 0.15) is 41.6 Å². The topological polar surface area (TPSA) is 221 Å². The molecular formula is C46H67FN4O11. The Bertz CT molecular complexity index is 1770. The number of esters is 2. The van der Waals surface area contributed by atoms with Gasteiger partial charge in [0.2, 0.25) is 11.8 Å². The highest BCUT2D eigenvalue weighted by Gasteiger charge is 2.38. The zero-order valence-corrected chi connectivity index (χ0v) is 37.3. The lowest BCUT2D eigenvalue weighted by Gasteiger charge is -2.36. The van der Waals surface area contributed by atoms with E-state index in [0.29, 0.717) is 24.8 Å². The molecule has 1 aliphatic heterocycles. The predicted octanol–water partition coefficient (Wildman–Crippen LogP) is 4.30. The van der Waals surface area contributed by atoms with Crippen LogP contribution < -0.4 is 16.1 Å². The number of carbonyl (C=O) groups is 6. The van der Waals surface area contributed by atoms with Crippen molar-refractivity contribution in [2.75, 3.05) is 13.2 Å². The van der Waals surface area contributed by atoms with Crippen molar-refractivity contribution in [2.24, 2.45) is 23.7 Å². The second-order valence-corrected chi connectivity index (χ2v) is 16.6. The van der Waals surface area contributed by atoms with Gasteiger partial charge in [0.15, 0.2) is 0 Å². The molecule has 0 radical (unpaired) electrons. The van der Waals surface area contributed by atoms with Crippen molar-refractivity contribution in [1.82, 2.24) is 21.1 Å². The standard InChI is InChI=1S/C46H67FN4O11/c1-10-12-17-38(54)31(9)42(56)35(20-19-30(8)52)43(57)49-41(28(5)6)44(58)48-37(24-32-22-33(47)25-34(53)23-32)45(59)51-21-14-16-36(50-51)46(60)62-39(11-2)29(7)15-13-18-40(55)61-26-27(3)4/h10,12-13,15,17-18,22-23,25,27-28,31,35-39,41-42,50,53-54,56H,1,11,14,16,19-21,24,26H2,2-9H3,(H,48,58)(H,49,57)/b17-12+,18-13+,29-15+/t31-,35+,36?,37-,38-,39-,41-,42+/m0/s1. The van der Waals surface area contributed by atoms with Gasteiger partial charge in [-0.05, 0) is 74.6 Å². The van der Waals surface area contributed by atoms with Gasteiger partial charge in [-0.25, -0.2) is 14.6 Å². The highest BCUT2D eigenvalue weighted by molar-refractivity contribution is 5.93. The molecule has 16 heteroatoms. The fourth-order valence-electron chi connectivity index (χ4n) is 6.70. The van der Waals surface area contributed by atoms with Crippen LogP contribution in [0.3, 0.4) is 0 Å². The normalized spacial score (nSPS) is 18.1. The zero-order chi connectivity index (χ0) is 46.7. The summed E-state index contributed by atoms with van der Waals surface area (Å²) in [6.45, 7) is 17.6. The summed E-state index contributed by atoms with van der Waals surface area (Å²) >= 11 is 0. The summed E-state index contributed by atoms with van der Waals surface area (Å²) in [5.41, 5.74) is 3.75. The van der Waals surface area contributed by atoms with Crippen LogP contribution in [0.15, 0.2) is 66.8 Å². The molecule has 0 spiro atoms. The maximum atomic E-state index is 14.4. The van der Waals surface area contributed by atoms with Crippen LogP contribution >= 0.6 is 0 Å². The van der Waals surface area contributed by atoms with Gasteiger partial charge in [-0.1, -0.05) is 78.5 Å². The Balaban J connectivity index is 2.35. The minimum Gasteiger partial charge on any atom is -0.508 e. The molecule has 2 rings (SSSR count). The van der Waals surface area contributed by atoms with Gasteiger partial charge in [0.25, 0.3) is 5.91 Å². The van der Waals surface area contributed by atoms with Crippen molar-refractivity contribution < 1.29 is 58.0 Å². The number of aromatic hydroxyl groups is 1. The van der Waals surface area contributed by atoms with Crippen LogP contribution in [0.5, 0.6) is 5.75 Å². The Labute approximate surface area is 364 Å². The van der Waals surface area contributed by atoms with Crippen molar-refractivity contribution in [3.8, 4) is 5.75 Å². The van der Waals surface area contributed by atoms with E-state index in [2.05, 4.69) is 22.6 Å². The van der Waals surface area contributed by atoms with E-state index in [1.165, 1.54) is 48.4 Å². The minimum atomic E-state index is -1.43. The van der Waals surface area contributed by atoms with Crippen molar-refractivity contribution in [3.05, 3.63) is 78.2 Å². The number of aliphatic hydroxyl groups is 2. The SMILES string of the molecule is C=C/C=C/[C@H](O)[C@H](C)[C@@H](O)[C@@H](CCC(C)=O)C(=O)N[C@H](C(=O)N[C@@H](Cc1cc(O)cc(F)c1)C(=O)N1CCCC(C(=O)O[C@@H](CC)/C(C)=C/C=C/C(=O)OCC(C)C)N1)C(C)C. The molecule has 0 aliphatic carbocycles. The quantitative estimate of drug-likeness (QED) is 0.0487. The predicted molar refractivity (Wildman–Crippen MR) is 231 cm³/mol. The summed E-state index contributed by atoms with van der Waals surface area (Å²) in [4.78, 5) is 79.6. The van der Waals surface area contributed by atoms with Crippen molar-refractivity contribution >= 4 is 35.4 Å². The third-order valence-corrected chi connectivity index (χ3v) is 10.3. The van der Waals surface area contributed by atoms with E-state index in [-0.39, 0.29) is 49.7 Å². The van der Waals surface area contributed by atoms with E-state index >= 15 is 0 Å². The molecule has 6 N–H and O–H groups in total. The third kappa shape index (κ3) is 17.7. The molecule has 1 unspecified atom stereocenters. The number of ether oxygens (including phenoxy) is 2. The number of phenolic OH excluding ortho intramolecular Hbond substituents is 1. The average molecular weight is 871 g/mol. The first-order valence-corrected chi connectivity index (χ1v) is 21.2. The summed E-state index contributed by atoms with van der Waals surface area (Å²) < 4.78 is 25.4. The van der Waals surface area contributed by atoms with Gasteiger partial charge in [0, 0.05) is 37.4 Å². The van der Waals surface area contributed by atoms with E-state index in [4.69, 9.17) is 9.47 Å². The van der Waals surface area contributed by atoms with Gasteiger partial charge in [-0.3, -0.25) is 24.2 Å². The number of hydrogen-bond acceptors (Lipinski definition) is 12. The number of aliphatic hydroxyl groups excluding tert-OH is 2. The van der Waals surface area contributed by atoms with Crippen LogP contribution in [0.4, 0.5) is 4.39 Å². The number of ketones is 1. The van der Waals surface area contributed by atoms with Gasteiger partial charge < -0.3 is 40.2 Å². The maximum absolute atomic E-state index is 14.4. The first-order chi connectivity index (χ1) is 29.2. The van der Waals surface area contributed by atoms with E-state index in [9.17, 15) is 48.5 Å². The molecular weight excluding hydrogens is 804 g/mol. The molecule has 1 aromatic rings. The number of rotatable bonds is 24. The summed E-state index contributed by atoms with van der Waals surface area (Å²) in [6.07, 6.45) is 6.22. The lowest BCUT2D eigenvalue weighted by atomic mass is 9.84. The Morgan fingerprint density at radius 1 is 1.02 bits per heavy atom. The first kappa shape index (κ1) is 52.9. The fraction of sp³-hybridized carbons (Fsp3) is 0.565. The molecule has 344 valence electrons. The third-order valence-electron chi connectivity index (χ3n) is 10.3. The number of hydrogen-bond donors (Lipinski definition) is 6. The molecule has 1 fully saturated rings. The number of Topliss-reactive ketones (excluding diaryl/α,β-unsaturated/α-hetero) is 1. The number of phenols is 1. The average Bonchev–Trinajstić information content (AvgIpc) is 3.21. The first-order valence-electron chi connectivity index (χ1n) is 21.2. The van der Waals surface area contributed by atoms with Crippen molar-refractivity contribution in [1.29, 1.82) is 0 Å². The van der Waals surface area contributed by atoms with E-state index < -0.39 is 95.4 Å². The van der Waals surface area contributed by atoms with Gasteiger partial charge in [0.05, 0.1) is 24.7 Å². The van der Waals surface area contributed by atoms with E-state index in [0.717, 1.165) is 12.1 Å². The number of allylic oxidation sites excluding steroid dienone is 4. The van der Waals surface area contributed by atoms with Gasteiger partial charge in [-0.15, -0.1) is 0 Å². The fourth-order valence-corrected chi connectivity index (χ4v) is 6.70. The Hall–Kier alpha value is -5.19. The van der Waals surface area contributed by atoms with Crippen LogP contribution in [0, 0.1) is 29.5 Å². The summed E-state index contributed by atoms with van der Waals surface area (Å²) in [5, 5.41) is 38.6. The number of benzene rings is 1. The molecule has 62 heavy (non-hydrogen) atoms. The smallest absolute Gasteiger partial charge is 0.330 e. The number of carbonyl (C=O) groups excluding carboxylic acids is 6. The Morgan fingerprint density at radius 2 is 1.71 bits per heavy atom. The highest BCUT2D eigenvalue weighted by atomic mass is 19.1.